The van der Waals surface area contributed by atoms with E-state index in [-0.39, 0.29) is 29.5 Å². The fourth-order valence-corrected chi connectivity index (χ4v) is 3.70. The van der Waals surface area contributed by atoms with E-state index in [1.165, 1.54) is 13.2 Å². The van der Waals surface area contributed by atoms with E-state index < -0.39 is 0 Å². The summed E-state index contributed by atoms with van der Waals surface area (Å²) >= 11 is 0. The Kier molecular flexibility index (Phi) is 7.12. The zero-order valence-electron chi connectivity index (χ0n) is 18.6. The second kappa shape index (κ2) is 9.78. The molecule has 166 valence electrons. The van der Waals surface area contributed by atoms with Crippen molar-refractivity contribution in [3.8, 4) is 5.75 Å². The van der Waals surface area contributed by atoms with Crippen LogP contribution in [0, 0.1) is 13.8 Å². The van der Waals surface area contributed by atoms with Gasteiger partial charge in [0.15, 0.2) is 5.75 Å². The summed E-state index contributed by atoms with van der Waals surface area (Å²) < 4.78 is 6.94. The number of methoxy groups -OCH3 is 1. The van der Waals surface area contributed by atoms with Crippen molar-refractivity contribution >= 4 is 17.5 Å². The minimum absolute atomic E-state index is 0.0623. The molecule has 0 saturated carbocycles. The quantitative estimate of drug-likeness (QED) is 0.761. The molecule has 1 saturated heterocycles. The third kappa shape index (κ3) is 5.73. The number of amides is 2. The average molecular weight is 427 g/mol. The molecule has 0 aliphatic carbocycles. The summed E-state index contributed by atoms with van der Waals surface area (Å²) in [6.07, 6.45) is 1.59. The highest BCUT2D eigenvalue weighted by atomic mass is 16.5. The first-order chi connectivity index (χ1) is 14.8. The van der Waals surface area contributed by atoms with Crippen molar-refractivity contribution in [1.82, 2.24) is 14.4 Å². The van der Waals surface area contributed by atoms with Crippen molar-refractivity contribution in [2.24, 2.45) is 0 Å². The molecular weight excluding hydrogens is 396 g/mol. The fraction of sp³-hybridized carbons (Fsp3) is 0.435. The van der Waals surface area contributed by atoms with Crippen molar-refractivity contribution in [2.45, 2.75) is 33.9 Å². The predicted molar refractivity (Wildman–Crippen MR) is 119 cm³/mol. The van der Waals surface area contributed by atoms with Gasteiger partial charge in [-0.2, -0.15) is 0 Å². The number of aryl methyl sites for hydroxylation is 2. The number of rotatable bonds is 6. The van der Waals surface area contributed by atoms with E-state index >= 15 is 0 Å². The summed E-state index contributed by atoms with van der Waals surface area (Å²) in [7, 11) is 1.44. The second-order valence-corrected chi connectivity index (χ2v) is 7.97. The Hall–Kier alpha value is -3.13. The van der Waals surface area contributed by atoms with Gasteiger partial charge in [-0.1, -0.05) is 12.1 Å². The predicted octanol–water partition coefficient (Wildman–Crippen LogP) is 1.78. The van der Waals surface area contributed by atoms with Crippen LogP contribution in [0.15, 0.2) is 35.3 Å². The molecule has 0 unspecified atom stereocenters. The Morgan fingerprint density at radius 2 is 1.81 bits per heavy atom. The molecule has 3 rings (SSSR count). The third-order valence-corrected chi connectivity index (χ3v) is 5.59. The van der Waals surface area contributed by atoms with Crippen LogP contribution in [0.5, 0.6) is 5.75 Å². The maximum absolute atomic E-state index is 12.8. The molecule has 1 aliphatic heterocycles. The Balaban J connectivity index is 1.77. The zero-order valence-corrected chi connectivity index (χ0v) is 18.6. The minimum atomic E-state index is -0.217. The number of pyridine rings is 1. The number of piperazine rings is 1. The van der Waals surface area contributed by atoms with Gasteiger partial charge in [-0.05, 0) is 31.0 Å². The largest absolute Gasteiger partial charge is 0.491 e. The highest BCUT2D eigenvalue weighted by molar-refractivity contribution is 5.91. The average Bonchev–Trinajstić information content (AvgIpc) is 2.73. The minimum Gasteiger partial charge on any atom is -0.491 e. The summed E-state index contributed by atoms with van der Waals surface area (Å²) in [5.41, 5.74) is 3.35. The Bertz CT molecular complexity index is 1020. The van der Waals surface area contributed by atoms with Crippen LogP contribution in [0.4, 0.5) is 5.69 Å². The molecular formula is C23H30N4O4. The van der Waals surface area contributed by atoms with Crippen molar-refractivity contribution in [2.75, 3.05) is 38.6 Å². The molecule has 31 heavy (non-hydrogen) atoms. The van der Waals surface area contributed by atoms with Crippen LogP contribution >= 0.6 is 0 Å². The van der Waals surface area contributed by atoms with E-state index in [1.807, 2.05) is 36.9 Å². The van der Waals surface area contributed by atoms with E-state index in [4.69, 9.17) is 4.74 Å². The fourth-order valence-electron chi connectivity index (χ4n) is 3.70. The number of hydrogen-bond donors (Lipinski definition) is 1. The molecule has 1 aromatic carbocycles. The number of benzene rings is 1. The first-order valence-corrected chi connectivity index (χ1v) is 10.4. The lowest BCUT2D eigenvalue weighted by Crippen LogP contribution is -2.47. The van der Waals surface area contributed by atoms with Crippen molar-refractivity contribution in [3.05, 3.63) is 57.5 Å². The van der Waals surface area contributed by atoms with Gasteiger partial charge < -0.3 is 19.5 Å². The summed E-state index contributed by atoms with van der Waals surface area (Å²) in [6, 6.07) is 7.44. The highest BCUT2D eigenvalue weighted by Gasteiger charge is 2.20. The molecule has 0 spiro atoms. The van der Waals surface area contributed by atoms with Gasteiger partial charge >= 0.3 is 0 Å². The topological polar surface area (TPSA) is 83.9 Å². The Morgan fingerprint density at radius 3 is 2.45 bits per heavy atom. The van der Waals surface area contributed by atoms with E-state index in [1.54, 1.807) is 17.7 Å². The van der Waals surface area contributed by atoms with Crippen LogP contribution in [-0.4, -0.2) is 59.5 Å². The molecule has 0 radical (unpaired) electrons. The standard InChI is InChI=1S/C23H30N4O4/c1-16-5-6-17(2)20(11-16)24-23(30)15-27-14-22(31-4)21(29)12-19(27)13-25-7-9-26(10-8-25)18(3)28/h5-6,11-12,14H,7-10,13,15H2,1-4H3,(H,24,30). The monoisotopic (exact) mass is 426 g/mol. The maximum atomic E-state index is 12.8. The Morgan fingerprint density at radius 1 is 1.10 bits per heavy atom. The number of aromatic nitrogens is 1. The molecule has 8 nitrogen and oxygen atoms in total. The number of hydrogen-bond acceptors (Lipinski definition) is 5. The van der Waals surface area contributed by atoms with Crippen LogP contribution in [0.1, 0.15) is 23.7 Å². The van der Waals surface area contributed by atoms with Crippen molar-refractivity contribution in [1.29, 1.82) is 0 Å². The molecule has 2 heterocycles. The van der Waals surface area contributed by atoms with Gasteiger partial charge in [-0.25, -0.2) is 0 Å². The summed E-state index contributed by atoms with van der Waals surface area (Å²) in [5, 5.41) is 2.96. The van der Waals surface area contributed by atoms with Crippen molar-refractivity contribution in [3.63, 3.8) is 0 Å². The number of carbonyl (C=O) groups is 2. The summed E-state index contributed by atoms with van der Waals surface area (Å²) in [4.78, 5) is 40.7. The molecule has 1 N–H and O–H groups in total. The van der Waals surface area contributed by atoms with Crippen LogP contribution in [0.25, 0.3) is 0 Å². The number of nitrogens with one attached hydrogen (secondary N) is 1. The van der Waals surface area contributed by atoms with Crippen LogP contribution in [0.3, 0.4) is 0 Å². The Labute approximate surface area is 182 Å². The van der Waals surface area contributed by atoms with Gasteiger partial charge in [-0.15, -0.1) is 0 Å². The molecule has 1 fully saturated rings. The number of ether oxygens (including phenoxy) is 1. The van der Waals surface area contributed by atoms with E-state index in [0.29, 0.717) is 32.7 Å². The second-order valence-electron chi connectivity index (χ2n) is 7.97. The van der Waals surface area contributed by atoms with Crippen LogP contribution in [-0.2, 0) is 22.7 Å². The highest BCUT2D eigenvalue weighted by Crippen LogP contribution is 2.17. The van der Waals surface area contributed by atoms with Crippen LogP contribution < -0.4 is 15.5 Å². The van der Waals surface area contributed by atoms with E-state index in [0.717, 1.165) is 22.5 Å². The molecule has 1 aromatic heterocycles. The van der Waals surface area contributed by atoms with Gasteiger partial charge in [0.2, 0.25) is 17.2 Å². The van der Waals surface area contributed by atoms with Crippen LogP contribution in [0.2, 0.25) is 0 Å². The first-order valence-electron chi connectivity index (χ1n) is 10.4. The van der Waals surface area contributed by atoms with Gasteiger partial charge in [0.1, 0.15) is 6.54 Å². The molecule has 2 amide bonds. The van der Waals surface area contributed by atoms with Gasteiger partial charge in [0.25, 0.3) is 0 Å². The summed E-state index contributed by atoms with van der Waals surface area (Å²) in [5.74, 6) is 0.0934. The zero-order chi connectivity index (χ0) is 22.5. The van der Waals surface area contributed by atoms with Crippen molar-refractivity contribution < 1.29 is 14.3 Å². The normalized spacial score (nSPS) is 14.4. The number of nitrogens with zero attached hydrogens (tertiary/aromatic N) is 3. The summed E-state index contributed by atoms with van der Waals surface area (Å²) in [6.45, 7) is 8.82. The van der Waals surface area contributed by atoms with Gasteiger partial charge in [0.05, 0.1) is 13.3 Å². The molecule has 2 aromatic rings. The lowest BCUT2D eigenvalue weighted by molar-refractivity contribution is -0.130. The smallest absolute Gasteiger partial charge is 0.244 e. The lowest BCUT2D eigenvalue weighted by atomic mass is 10.1. The van der Waals surface area contributed by atoms with E-state index in [9.17, 15) is 14.4 Å². The number of carbonyl (C=O) groups excluding carboxylic acids is 2. The molecule has 1 aliphatic rings. The third-order valence-electron chi connectivity index (χ3n) is 5.59. The van der Waals surface area contributed by atoms with Gasteiger partial charge in [-0.3, -0.25) is 19.3 Å². The maximum Gasteiger partial charge on any atom is 0.244 e. The lowest BCUT2D eigenvalue weighted by Gasteiger charge is -2.34. The van der Waals surface area contributed by atoms with E-state index in [2.05, 4.69) is 10.2 Å². The first kappa shape index (κ1) is 22.6. The molecule has 0 bridgehead atoms. The van der Waals surface area contributed by atoms with Gasteiger partial charge in [0, 0.05) is 57.1 Å². The molecule has 8 heteroatoms. The molecule has 0 atom stereocenters. The SMILES string of the molecule is COc1cn(CC(=O)Nc2cc(C)ccc2C)c(CN2CCN(C(C)=O)CC2)cc1=O. The number of anilines is 1.